The number of nitrogens with zero attached hydrogens (tertiary/aromatic N) is 1. The van der Waals surface area contributed by atoms with E-state index in [0.717, 1.165) is 23.9 Å². The van der Waals surface area contributed by atoms with Crippen LogP contribution < -0.4 is 5.32 Å². The highest BCUT2D eigenvalue weighted by molar-refractivity contribution is 5.01. The molecule has 0 aromatic rings. The summed E-state index contributed by atoms with van der Waals surface area (Å²) in [7, 11) is 0. The first kappa shape index (κ1) is 15.8. The Morgan fingerprint density at radius 2 is 1.67 bits per heavy atom. The number of nitrogens with one attached hydrogen (secondary N) is 1. The van der Waals surface area contributed by atoms with Crippen LogP contribution in [0.3, 0.4) is 0 Å². The zero-order valence-electron chi connectivity index (χ0n) is 14.5. The predicted octanol–water partition coefficient (Wildman–Crippen LogP) is 4.20. The Bertz CT molecular complexity index is 324. The normalized spacial score (nSPS) is 41.3. The lowest BCUT2D eigenvalue weighted by Gasteiger charge is -2.53. The molecule has 3 fully saturated rings. The first-order valence-electron chi connectivity index (χ1n) is 9.62. The minimum atomic E-state index is 0.466. The molecule has 0 aromatic heterocycles. The van der Waals surface area contributed by atoms with Crippen molar-refractivity contribution >= 4 is 0 Å². The average Bonchev–Trinajstić information content (AvgIpc) is 2.47. The van der Waals surface area contributed by atoms with Gasteiger partial charge in [0.25, 0.3) is 0 Å². The van der Waals surface area contributed by atoms with Gasteiger partial charge in [0.15, 0.2) is 0 Å². The molecule has 0 aromatic carbocycles. The van der Waals surface area contributed by atoms with Crippen LogP contribution in [0, 0.1) is 11.8 Å². The van der Waals surface area contributed by atoms with Gasteiger partial charge in [0.1, 0.15) is 0 Å². The van der Waals surface area contributed by atoms with E-state index in [0.29, 0.717) is 5.54 Å². The van der Waals surface area contributed by atoms with E-state index in [1.54, 1.807) is 0 Å². The van der Waals surface area contributed by atoms with Gasteiger partial charge in [-0.05, 0) is 50.4 Å². The second-order valence-corrected chi connectivity index (χ2v) is 8.53. The molecular formula is C19H36N2. The third kappa shape index (κ3) is 3.47. The van der Waals surface area contributed by atoms with Crippen molar-refractivity contribution in [3.8, 4) is 0 Å². The fraction of sp³-hybridized carbons (Fsp3) is 1.00. The van der Waals surface area contributed by atoms with Crippen molar-refractivity contribution in [1.82, 2.24) is 10.2 Å². The van der Waals surface area contributed by atoms with Crippen LogP contribution in [0.5, 0.6) is 0 Å². The van der Waals surface area contributed by atoms with Gasteiger partial charge >= 0.3 is 0 Å². The summed E-state index contributed by atoms with van der Waals surface area (Å²) in [5.41, 5.74) is 0.466. The lowest BCUT2D eigenvalue weighted by atomic mass is 9.75. The van der Waals surface area contributed by atoms with E-state index in [9.17, 15) is 0 Å². The van der Waals surface area contributed by atoms with Crippen LogP contribution in [-0.2, 0) is 0 Å². The third-order valence-corrected chi connectivity index (χ3v) is 6.57. The number of piperazine rings is 1. The molecule has 3 atom stereocenters. The zero-order chi connectivity index (χ0) is 14.9. The summed E-state index contributed by atoms with van der Waals surface area (Å²) in [6.45, 7) is 9.89. The molecule has 2 aliphatic carbocycles. The highest BCUT2D eigenvalue weighted by Gasteiger charge is 2.42. The van der Waals surface area contributed by atoms with Crippen molar-refractivity contribution in [2.45, 2.75) is 96.2 Å². The van der Waals surface area contributed by atoms with Crippen LogP contribution >= 0.6 is 0 Å². The second kappa shape index (κ2) is 6.58. The summed E-state index contributed by atoms with van der Waals surface area (Å²) >= 11 is 0. The first-order chi connectivity index (χ1) is 10.1. The monoisotopic (exact) mass is 292 g/mol. The summed E-state index contributed by atoms with van der Waals surface area (Å²) in [5.74, 6) is 1.85. The van der Waals surface area contributed by atoms with Crippen LogP contribution in [0.15, 0.2) is 0 Å². The van der Waals surface area contributed by atoms with Crippen LogP contribution in [-0.4, -0.2) is 35.6 Å². The lowest BCUT2D eigenvalue weighted by Crippen LogP contribution is -2.67. The van der Waals surface area contributed by atoms with Crippen LogP contribution in [0.1, 0.15) is 78.6 Å². The molecule has 3 rings (SSSR count). The molecule has 1 aliphatic heterocycles. The SMILES string of the molecule is CCC1CNC2(CCCCC2)CN1C1CC(C)CC(C)C1. The summed E-state index contributed by atoms with van der Waals surface area (Å²) in [4.78, 5) is 2.95. The van der Waals surface area contributed by atoms with Crippen LogP contribution in [0.2, 0.25) is 0 Å². The molecule has 3 aliphatic rings. The quantitative estimate of drug-likeness (QED) is 0.820. The molecule has 2 heteroatoms. The molecule has 3 unspecified atom stereocenters. The van der Waals surface area contributed by atoms with E-state index in [-0.39, 0.29) is 0 Å². The minimum Gasteiger partial charge on any atom is -0.308 e. The van der Waals surface area contributed by atoms with E-state index in [1.165, 1.54) is 70.9 Å². The first-order valence-corrected chi connectivity index (χ1v) is 9.62. The molecule has 0 amide bonds. The molecule has 1 spiro atoms. The standard InChI is InChI=1S/C19H36N2/c1-4-17-13-20-19(8-6-5-7-9-19)14-21(17)18-11-15(2)10-16(3)12-18/h15-18,20H,4-14H2,1-3H3. The van der Waals surface area contributed by atoms with E-state index in [4.69, 9.17) is 0 Å². The number of hydrogen-bond acceptors (Lipinski definition) is 2. The molecule has 21 heavy (non-hydrogen) atoms. The van der Waals surface area contributed by atoms with Crippen LogP contribution in [0.25, 0.3) is 0 Å². The highest BCUT2D eigenvalue weighted by Crippen LogP contribution is 2.38. The zero-order valence-corrected chi connectivity index (χ0v) is 14.5. The Labute approximate surface area is 132 Å². The maximum Gasteiger partial charge on any atom is 0.0309 e. The Morgan fingerprint density at radius 1 is 1.00 bits per heavy atom. The Balaban J connectivity index is 1.72. The molecule has 1 saturated heterocycles. The lowest BCUT2D eigenvalue weighted by molar-refractivity contribution is -0.00334. The summed E-state index contributed by atoms with van der Waals surface area (Å²) in [6.07, 6.45) is 12.8. The maximum atomic E-state index is 3.99. The molecule has 2 saturated carbocycles. The Hall–Kier alpha value is -0.0800. The van der Waals surface area contributed by atoms with Crippen molar-refractivity contribution in [2.24, 2.45) is 11.8 Å². The van der Waals surface area contributed by atoms with E-state index >= 15 is 0 Å². The van der Waals surface area contributed by atoms with Gasteiger partial charge in [-0.3, -0.25) is 4.90 Å². The van der Waals surface area contributed by atoms with Crippen molar-refractivity contribution in [3.63, 3.8) is 0 Å². The molecule has 0 bridgehead atoms. The largest absolute Gasteiger partial charge is 0.308 e. The fourth-order valence-corrected chi connectivity index (χ4v) is 5.53. The molecule has 122 valence electrons. The maximum absolute atomic E-state index is 3.99. The van der Waals surface area contributed by atoms with Gasteiger partial charge in [0, 0.05) is 30.7 Å². The Morgan fingerprint density at radius 3 is 2.29 bits per heavy atom. The van der Waals surface area contributed by atoms with Gasteiger partial charge in [0.05, 0.1) is 0 Å². The van der Waals surface area contributed by atoms with E-state index < -0.39 is 0 Å². The molecule has 1 N–H and O–H groups in total. The smallest absolute Gasteiger partial charge is 0.0309 e. The molecule has 0 radical (unpaired) electrons. The van der Waals surface area contributed by atoms with Gasteiger partial charge < -0.3 is 5.32 Å². The van der Waals surface area contributed by atoms with E-state index in [2.05, 4.69) is 31.0 Å². The van der Waals surface area contributed by atoms with Gasteiger partial charge in [-0.1, -0.05) is 40.0 Å². The summed E-state index contributed by atoms with van der Waals surface area (Å²) in [5, 5.41) is 3.99. The fourth-order valence-electron chi connectivity index (χ4n) is 5.53. The molecule has 1 heterocycles. The summed E-state index contributed by atoms with van der Waals surface area (Å²) in [6, 6.07) is 1.63. The van der Waals surface area contributed by atoms with Crippen molar-refractivity contribution < 1.29 is 0 Å². The molecule has 2 nitrogen and oxygen atoms in total. The van der Waals surface area contributed by atoms with Gasteiger partial charge in [0.2, 0.25) is 0 Å². The van der Waals surface area contributed by atoms with Crippen LogP contribution in [0.4, 0.5) is 0 Å². The van der Waals surface area contributed by atoms with Gasteiger partial charge in [-0.25, -0.2) is 0 Å². The third-order valence-electron chi connectivity index (χ3n) is 6.57. The van der Waals surface area contributed by atoms with Crippen molar-refractivity contribution in [3.05, 3.63) is 0 Å². The van der Waals surface area contributed by atoms with E-state index in [1.807, 2.05) is 0 Å². The number of rotatable bonds is 2. The highest BCUT2D eigenvalue weighted by atomic mass is 15.3. The molecular weight excluding hydrogens is 256 g/mol. The average molecular weight is 293 g/mol. The van der Waals surface area contributed by atoms with Gasteiger partial charge in [-0.2, -0.15) is 0 Å². The minimum absolute atomic E-state index is 0.466. The van der Waals surface area contributed by atoms with Gasteiger partial charge in [-0.15, -0.1) is 0 Å². The summed E-state index contributed by atoms with van der Waals surface area (Å²) < 4.78 is 0. The Kier molecular flexibility index (Phi) is 4.95. The van der Waals surface area contributed by atoms with Crippen molar-refractivity contribution in [2.75, 3.05) is 13.1 Å². The second-order valence-electron chi connectivity index (χ2n) is 8.53. The van der Waals surface area contributed by atoms with Crippen molar-refractivity contribution in [1.29, 1.82) is 0 Å². The number of hydrogen-bond donors (Lipinski definition) is 1. The topological polar surface area (TPSA) is 15.3 Å². The predicted molar refractivity (Wildman–Crippen MR) is 90.6 cm³/mol.